The predicted octanol–water partition coefficient (Wildman–Crippen LogP) is -0.915. The number of nitrogens with two attached hydrogens (primary N) is 1. The van der Waals surface area contributed by atoms with Crippen molar-refractivity contribution in [3.05, 3.63) is 42.2 Å². The second kappa shape index (κ2) is 6.20. The number of hydrogen-bond acceptors (Lipinski definition) is 4. The van der Waals surface area contributed by atoms with E-state index in [1.54, 1.807) is 24.3 Å². The van der Waals surface area contributed by atoms with Crippen molar-refractivity contribution in [1.29, 1.82) is 0 Å². The molecule has 1 aromatic carbocycles. The van der Waals surface area contributed by atoms with Gasteiger partial charge in [-0.3, -0.25) is 4.79 Å². The highest BCUT2D eigenvalue weighted by Gasteiger charge is 2.22. The molecular weight excluding hydrogens is 324 g/mol. The third-order valence-corrected chi connectivity index (χ3v) is 3.89. The van der Waals surface area contributed by atoms with Crippen molar-refractivity contribution in [2.24, 2.45) is 5.14 Å². The zero-order chi connectivity index (χ0) is 17.2. The predicted molar refractivity (Wildman–Crippen MR) is 81.7 cm³/mol. The van der Waals surface area contributed by atoms with E-state index in [1.165, 1.54) is 6.07 Å². The minimum absolute atomic E-state index is 0.0854. The van der Waals surface area contributed by atoms with Crippen LogP contribution in [0.3, 0.4) is 0 Å². The molecule has 2 rings (SSSR count). The second-order valence-electron chi connectivity index (χ2n) is 4.60. The number of aromatic nitrogens is 1. The molecule has 2 aromatic rings. The van der Waals surface area contributed by atoms with Gasteiger partial charge in [0.25, 0.3) is 5.91 Å². The van der Waals surface area contributed by atoms with Crippen molar-refractivity contribution < 1.29 is 28.8 Å². The fraction of sp³-hybridized carbons (Fsp3) is 0.0769. The van der Waals surface area contributed by atoms with Crippen LogP contribution in [-0.2, 0) is 15.0 Å². The molecule has 0 spiro atoms. The molecule has 7 N–H and O–H groups in total. The van der Waals surface area contributed by atoms with Crippen LogP contribution in [0.4, 0.5) is 5.69 Å². The first-order valence-electron chi connectivity index (χ1n) is 6.41. The number of anilines is 1. The van der Waals surface area contributed by atoms with Gasteiger partial charge < -0.3 is 16.2 Å². The maximum Gasteiger partial charge on any atom is 0.354 e. The Balaban J connectivity index is 2.45. The average Bonchev–Trinajstić information content (AvgIpc) is 2.93. The van der Waals surface area contributed by atoms with Gasteiger partial charge in [0.1, 0.15) is 0 Å². The van der Waals surface area contributed by atoms with Gasteiger partial charge in [-0.2, -0.15) is 8.42 Å². The van der Waals surface area contributed by atoms with E-state index in [9.17, 15) is 23.1 Å². The van der Waals surface area contributed by atoms with Crippen LogP contribution in [0.1, 0.15) is 10.5 Å². The number of rotatable bonds is 5. The SMILES string of the molecule is NS(=O)(=O)n1ccc(-c2ccc(NC(=O)C[NH3+])cc2)c1C(=O)O. The van der Waals surface area contributed by atoms with Crippen molar-refractivity contribution >= 4 is 27.8 Å². The quantitative estimate of drug-likeness (QED) is 0.554. The van der Waals surface area contributed by atoms with E-state index in [0.717, 1.165) is 6.20 Å². The van der Waals surface area contributed by atoms with Crippen LogP contribution in [-0.4, -0.2) is 35.9 Å². The molecule has 0 unspecified atom stereocenters. The number of carbonyl (C=O) groups excluding carboxylic acids is 1. The number of amides is 1. The normalized spacial score (nSPS) is 11.2. The van der Waals surface area contributed by atoms with Gasteiger partial charge in [0.2, 0.25) is 0 Å². The molecule has 0 radical (unpaired) electrons. The van der Waals surface area contributed by atoms with E-state index in [1.807, 2.05) is 0 Å². The average molecular weight is 339 g/mol. The van der Waals surface area contributed by atoms with E-state index >= 15 is 0 Å². The molecule has 23 heavy (non-hydrogen) atoms. The van der Waals surface area contributed by atoms with Gasteiger partial charge in [0.15, 0.2) is 12.2 Å². The van der Waals surface area contributed by atoms with Crippen molar-refractivity contribution in [2.45, 2.75) is 0 Å². The minimum Gasteiger partial charge on any atom is -0.477 e. The molecule has 1 heterocycles. The highest BCUT2D eigenvalue weighted by Crippen LogP contribution is 2.27. The molecule has 0 fully saturated rings. The van der Waals surface area contributed by atoms with Gasteiger partial charge in [0, 0.05) is 17.4 Å². The number of benzene rings is 1. The Kier molecular flexibility index (Phi) is 4.50. The summed E-state index contributed by atoms with van der Waals surface area (Å²) in [5.74, 6) is -1.68. The van der Waals surface area contributed by atoms with E-state index in [-0.39, 0.29) is 18.0 Å². The zero-order valence-corrected chi connectivity index (χ0v) is 12.7. The molecular formula is C13H15N4O5S+. The van der Waals surface area contributed by atoms with Crippen molar-refractivity contribution in [2.75, 3.05) is 11.9 Å². The number of carboxylic acid groups (broad SMARTS) is 1. The molecule has 9 nitrogen and oxygen atoms in total. The van der Waals surface area contributed by atoms with Gasteiger partial charge in [-0.05, 0) is 23.8 Å². The van der Waals surface area contributed by atoms with Crippen molar-refractivity contribution in [3.8, 4) is 11.1 Å². The Hall–Kier alpha value is -2.69. The third kappa shape index (κ3) is 3.56. The largest absolute Gasteiger partial charge is 0.477 e. The number of aromatic carboxylic acids is 1. The fourth-order valence-electron chi connectivity index (χ4n) is 2.03. The maximum absolute atomic E-state index is 11.4. The topological polar surface area (TPSA) is 159 Å². The summed E-state index contributed by atoms with van der Waals surface area (Å²) in [5.41, 5.74) is 4.18. The molecule has 1 amide bonds. The van der Waals surface area contributed by atoms with Crippen molar-refractivity contribution in [3.63, 3.8) is 0 Å². The van der Waals surface area contributed by atoms with E-state index < -0.39 is 21.9 Å². The third-order valence-electron chi connectivity index (χ3n) is 3.04. The molecule has 122 valence electrons. The summed E-state index contributed by atoms with van der Waals surface area (Å²) in [7, 11) is -4.22. The van der Waals surface area contributed by atoms with Crippen LogP contribution < -0.4 is 16.2 Å². The van der Waals surface area contributed by atoms with Crippen LogP contribution in [0.5, 0.6) is 0 Å². The fourth-order valence-corrected chi connectivity index (χ4v) is 2.69. The Morgan fingerprint density at radius 2 is 1.83 bits per heavy atom. The van der Waals surface area contributed by atoms with Crippen LogP contribution in [0, 0.1) is 0 Å². The summed E-state index contributed by atoms with van der Waals surface area (Å²) in [6.45, 7) is 0.0854. The zero-order valence-electron chi connectivity index (χ0n) is 11.9. The minimum atomic E-state index is -4.22. The molecule has 0 bridgehead atoms. The van der Waals surface area contributed by atoms with Gasteiger partial charge in [0.05, 0.1) is 0 Å². The molecule has 0 aliphatic rings. The Labute approximate surface area is 131 Å². The number of carboxylic acids is 1. The highest BCUT2D eigenvalue weighted by molar-refractivity contribution is 7.87. The number of nitrogens with one attached hydrogen (secondary N) is 1. The Bertz CT molecular complexity index is 855. The van der Waals surface area contributed by atoms with Gasteiger partial charge >= 0.3 is 16.2 Å². The number of nitrogens with zero attached hydrogens (tertiary/aromatic N) is 1. The first kappa shape index (κ1) is 16.7. The van der Waals surface area contributed by atoms with Gasteiger partial charge in [-0.15, -0.1) is 0 Å². The lowest BCUT2D eigenvalue weighted by atomic mass is 10.1. The van der Waals surface area contributed by atoms with Crippen molar-refractivity contribution in [1.82, 2.24) is 3.97 Å². The lowest BCUT2D eigenvalue weighted by Crippen LogP contribution is -2.55. The molecule has 0 atom stereocenters. The summed E-state index contributed by atoms with van der Waals surface area (Å²) in [4.78, 5) is 22.6. The summed E-state index contributed by atoms with van der Waals surface area (Å²) < 4.78 is 23.4. The van der Waals surface area contributed by atoms with E-state index in [2.05, 4.69) is 11.1 Å². The van der Waals surface area contributed by atoms with Gasteiger partial charge in [-0.25, -0.2) is 13.9 Å². The van der Waals surface area contributed by atoms with E-state index in [0.29, 0.717) is 15.2 Å². The molecule has 0 saturated carbocycles. The molecule has 10 heteroatoms. The van der Waals surface area contributed by atoms with Crippen LogP contribution >= 0.6 is 0 Å². The maximum atomic E-state index is 11.4. The summed E-state index contributed by atoms with van der Waals surface area (Å²) in [6, 6.07) is 7.62. The molecule has 0 aliphatic heterocycles. The number of quaternary nitrogens is 1. The lowest BCUT2D eigenvalue weighted by Gasteiger charge is -2.07. The second-order valence-corrected chi connectivity index (χ2v) is 6.02. The number of hydrogen-bond donors (Lipinski definition) is 4. The van der Waals surface area contributed by atoms with Crippen LogP contribution in [0.15, 0.2) is 36.5 Å². The standard InChI is InChI=1S/C13H14N4O5S/c14-7-11(18)16-9-3-1-8(2-4-9)10-5-6-17(23(15,21)22)12(10)13(19)20/h1-6H,7,14H2,(H,16,18)(H,19,20)(H2,15,21,22)/p+1. The lowest BCUT2D eigenvalue weighted by molar-refractivity contribution is -0.353. The first-order valence-corrected chi connectivity index (χ1v) is 7.92. The van der Waals surface area contributed by atoms with Crippen LogP contribution in [0.25, 0.3) is 11.1 Å². The highest BCUT2D eigenvalue weighted by atomic mass is 32.2. The summed E-state index contributed by atoms with van der Waals surface area (Å²) in [5, 5.41) is 16.9. The molecule has 0 aliphatic carbocycles. The summed E-state index contributed by atoms with van der Waals surface area (Å²) in [6.07, 6.45) is 1.08. The van der Waals surface area contributed by atoms with E-state index in [4.69, 9.17) is 5.14 Å². The first-order chi connectivity index (χ1) is 10.7. The Morgan fingerprint density at radius 1 is 1.22 bits per heavy atom. The number of carbonyl (C=O) groups is 2. The summed E-state index contributed by atoms with van der Waals surface area (Å²) >= 11 is 0. The molecule has 0 saturated heterocycles. The Morgan fingerprint density at radius 3 is 2.30 bits per heavy atom. The van der Waals surface area contributed by atoms with Gasteiger partial charge in [-0.1, -0.05) is 12.1 Å². The molecule has 1 aromatic heterocycles. The van der Waals surface area contributed by atoms with Crippen LogP contribution in [0.2, 0.25) is 0 Å². The monoisotopic (exact) mass is 339 g/mol. The smallest absolute Gasteiger partial charge is 0.354 e.